The molecule has 0 aliphatic rings. The van der Waals surface area contributed by atoms with E-state index in [1.807, 2.05) is 42.5 Å². The molecule has 6 nitrogen and oxygen atoms in total. The van der Waals surface area contributed by atoms with Crippen LogP contribution >= 0.6 is 0 Å². The van der Waals surface area contributed by atoms with E-state index in [9.17, 15) is 14.4 Å². The Morgan fingerprint density at radius 1 is 0.500 bits per heavy atom. The number of carbonyl (C=O) groups excluding carboxylic acids is 3. The van der Waals surface area contributed by atoms with E-state index < -0.39 is 11.9 Å². The maximum Gasteiger partial charge on any atom is 0.308 e. The van der Waals surface area contributed by atoms with Crippen LogP contribution in [0.4, 0.5) is 0 Å². The molecule has 5 aromatic carbocycles. The Labute approximate surface area is 194 Å². The van der Waals surface area contributed by atoms with E-state index in [2.05, 4.69) is 12.1 Å². The number of fused-ring (bicyclic) bond motifs is 6. The molecule has 0 saturated heterocycles. The first-order chi connectivity index (χ1) is 16.3. The Kier molecular flexibility index (Phi) is 5.13. The summed E-state index contributed by atoms with van der Waals surface area (Å²) in [6, 6.07) is 21.1. The minimum Gasteiger partial charge on any atom is -0.427 e. The zero-order valence-electron chi connectivity index (χ0n) is 18.8. The number of benzene rings is 5. The van der Waals surface area contributed by atoms with Crippen molar-refractivity contribution >= 4 is 61.0 Å². The molecule has 168 valence electrons. The van der Waals surface area contributed by atoms with Gasteiger partial charge < -0.3 is 14.2 Å². The lowest BCUT2D eigenvalue weighted by atomic mass is 9.95. The van der Waals surface area contributed by atoms with E-state index in [-0.39, 0.29) is 17.5 Å². The van der Waals surface area contributed by atoms with Crippen LogP contribution in [0.15, 0.2) is 66.7 Å². The maximum absolute atomic E-state index is 11.8. The predicted octanol–water partition coefficient (Wildman–Crippen LogP) is 6.08. The van der Waals surface area contributed by atoms with Gasteiger partial charge in [0.05, 0.1) is 0 Å². The van der Waals surface area contributed by atoms with Crippen molar-refractivity contribution in [1.29, 1.82) is 0 Å². The molecule has 0 aliphatic carbocycles. The minimum atomic E-state index is -0.505. The summed E-state index contributed by atoms with van der Waals surface area (Å²) in [7, 11) is 0. The van der Waals surface area contributed by atoms with Crippen LogP contribution in [0.25, 0.3) is 43.1 Å². The van der Waals surface area contributed by atoms with Gasteiger partial charge in [-0.2, -0.15) is 0 Å². The van der Waals surface area contributed by atoms with Crippen molar-refractivity contribution in [1.82, 2.24) is 0 Å². The summed E-state index contributed by atoms with van der Waals surface area (Å²) >= 11 is 0. The average Bonchev–Trinajstić information content (AvgIpc) is 2.77. The summed E-state index contributed by atoms with van der Waals surface area (Å²) in [6.45, 7) is 3.98. The van der Waals surface area contributed by atoms with Crippen LogP contribution in [0.5, 0.6) is 17.2 Å². The number of carbonyl (C=O) groups is 3. The Bertz CT molecular complexity index is 1670. The summed E-state index contributed by atoms with van der Waals surface area (Å²) in [4.78, 5) is 34.7. The second-order valence-corrected chi connectivity index (χ2v) is 8.08. The zero-order chi connectivity index (χ0) is 24.0. The molecular formula is C28H20O6. The Morgan fingerprint density at radius 3 is 1.74 bits per heavy atom. The van der Waals surface area contributed by atoms with E-state index in [1.54, 1.807) is 12.1 Å². The van der Waals surface area contributed by atoms with Crippen LogP contribution in [0, 0.1) is 0 Å². The number of esters is 3. The van der Waals surface area contributed by atoms with Gasteiger partial charge in [0, 0.05) is 26.2 Å². The molecule has 0 fully saturated rings. The molecule has 0 N–H and O–H groups in total. The van der Waals surface area contributed by atoms with Gasteiger partial charge in [-0.25, -0.2) is 0 Å². The number of ether oxygens (including phenoxy) is 3. The van der Waals surface area contributed by atoms with Crippen LogP contribution < -0.4 is 14.2 Å². The van der Waals surface area contributed by atoms with Gasteiger partial charge in [-0.05, 0) is 80.2 Å². The van der Waals surface area contributed by atoms with Crippen molar-refractivity contribution in [2.45, 2.75) is 20.8 Å². The summed E-state index contributed by atoms with van der Waals surface area (Å²) in [5.74, 6) is -0.470. The third-order valence-electron chi connectivity index (χ3n) is 5.62. The first kappa shape index (κ1) is 21.4. The van der Waals surface area contributed by atoms with Crippen LogP contribution in [0.3, 0.4) is 0 Å². The van der Waals surface area contributed by atoms with Crippen molar-refractivity contribution in [3.63, 3.8) is 0 Å². The Balaban J connectivity index is 1.79. The fourth-order valence-corrected chi connectivity index (χ4v) is 4.35. The van der Waals surface area contributed by atoms with Crippen molar-refractivity contribution in [2.24, 2.45) is 0 Å². The average molecular weight is 452 g/mol. The van der Waals surface area contributed by atoms with Gasteiger partial charge >= 0.3 is 17.9 Å². The van der Waals surface area contributed by atoms with E-state index in [4.69, 9.17) is 14.2 Å². The van der Waals surface area contributed by atoms with Gasteiger partial charge in [-0.1, -0.05) is 24.3 Å². The zero-order valence-corrected chi connectivity index (χ0v) is 18.8. The molecule has 0 saturated carbocycles. The van der Waals surface area contributed by atoms with Crippen molar-refractivity contribution in [3.8, 4) is 17.2 Å². The van der Waals surface area contributed by atoms with E-state index in [0.29, 0.717) is 11.1 Å². The van der Waals surface area contributed by atoms with Gasteiger partial charge in [-0.3, -0.25) is 14.4 Å². The number of hydrogen-bond donors (Lipinski definition) is 0. The SMILES string of the molecule is CC(=O)Oc1ccc2c(ccc3cc4ccc5c(OC(C)=O)c(OC(C)=O)ccc5c4cc32)c1. The Hall–Kier alpha value is -4.45. The smallest absolute Gasteiger partial charge is 0.308 e. The van der Waals surface area contributed by atoms with Crippen molar-refractivity contribution in [2.75, 3.05) is 0 Å². The summed E-state index contributed by atoms with van der Waals surface area (Å²) in [6.07, 6.45) is 0. The second kappa shape index (κ2) is 8.15. The van der Waals surface area contributed by atoms with Gasteiger partial charge in [0.2, 0.25) is 0 Å². The molecule has 5 rings (SSSR count). The monoisotopic (exact) mass is 452 g/mol. The molecule has 6 heteroatoms. The number of rotatable bonds is 3. The van der Waals surface area contributed by atoms with Crippen LogP contribution in [0.2, 0.25) is 0 Å². The van der Waals surface area contributed by atoms with Crippen molar-refractivity contribution < 1.29 is 28.6 Å². The van der Waals surface area contributed by atoms with Crippen molar-refractivity contribution in [3.05, 3.63) is 66.7 Å². The van der Waals surface area contributed by atoms with E-state index in [0.717, 1.165) is 37.7 Å². The lowest BCUT2D eigenvalue weighted by Crippen LogP contribution is -2.07. The molecule has 0 atom stereocenters. The lowest BCUT2D eigenvalue weighted by molar-refractivity contribution is -0.134. The molecule has 0 radical (unpaired) electrons. The fraction of sp³-hybridized carbons (Fsp3) is 0.107. The largest absolute Gasteiger partial charge is 0.427 e. The van der Waals surface area contributed by atoms with Gasteiger partial charge in [0.1, 0.15) is 5.75 Å². The fourth-order valence-electron chi connectivity index (χ4n) is 4.35. The highest BCUT2D eigenvalue weighted by Gasteiger charge is 2.16. The van der Waals surface area contributed by atoms with Gasteiger partial charge in [-0.15, -0.1) is 0 Å². The highest BCUT2D eigenvalue weighted by molar-refractivity contribution is 6.18. The van der Waals surface area contributed by atoms with Gasteiger partial charge in [0.15, 0.2) is 11.5 Å². The molecule has 0 bridgehead atoms. The molecular weight excluding hydrogens is 432 g/mol. The predicted molar refractivity (Wildman–Crippen MR) is 130 cm³/mol. The molecule has 0 amide bonds. The lowest BCUT2D eigenvalue weighted by Gasteiger charge is -2.14. The highest BCUT2D eigenvalue weighted by atomic mass is 16.6. The summed E-state index contributed by atoms with van der Waals surface area (Å²) in [5.41, 5.74) is 0. The van der Waals surface area contributed by atoms with Crippen LogP contribution in [-0.4, -0.2) is 17.9 Å². The van der Waals surface area contributed by atoms with Gasteiger partial charge in [0.25, 0.3) is 0 Å². The van der Waals surface area contributed by atoms with Crippen LogP contribution in [0.1, 0.15) is 20.8 Å². The topological polar surface area (TPSA) is 78.9 Å². The van der Waals surface area contributed by atoms with Crippen LogP contribution in [-0.2, 0) is 14.4 Å². The first-order valence-corrected chi connectivity index (χ1v) is 10.7. The quantitative estimate of drug-likeness (QED) is 0.143. The first-order valence-electron chi connectivity index (χ1n) is 10.7. The maximum atomic E-state index is 11.8. The minimum absolute atomic E-state index is 0.193. The highest BCUT2D eigenvalue weighted by Crippen LogP contribution is 2.41. The molecule has 0 spiro atoms. The normalized spacial score (nSPS) is 11.1. The molecule has 34 heavy (non-hydrogen) atoms. The Morgan fingerprint density at radius 2 is 1.06 bits per heavy atom. The molecule has 0 heterocycles. The standard InChI is InChI=1S/C28H20O6/c1-15(29)32-21-7-9-22-20(13-21)5-4-18-12-19-6-8-24-23(26(19)14-25(18)22)10-11-27(33-16(2)30)28(24)34-17(3)31/h4-14H,1-3H3. The molecule has 5 aromatic rings. The summed E-state index contributed by atoms with van der Waals surface area (Å²) in [5, 5.41) is 7.57. The van der Waals surface area contributed by atoms with E-state index >= 15 is 0 Å². The number of hydrogen-bond acceptors (Lipinski definition) is 6. The third-order valence-corrected chi connectivity index (χ3v) is 5.62. The summed E-state index contributed by atoms with van der Waals surface area (Å²) < 4.78 is 16.0. The van der Waals surface area contributed by atoms with E-state index in [1.165, 1.54) is 20.8 Å². The molecule has 0 aromatic heterocycles. The third kappa shape index (κ3) is 3.79. The molecule has 0 aliphatic heterocycles. The molecule has 0 unspecified atom stereocenters. The second-order valence-electron chi connectivity index (χ2n) is 8.08.